The normalized spacial score (nSPS) is 10.4. The van der Waals surface area contributed by atoms with Gasteiger partial charge in [0.15, 0.2) is 0 Å². The minimum atomic E-state index is -0.00785. The van der Waals surface area contributed by atoms with E-state index in [2.05, 4.69) is 11.9 Å². The molecule has 88 valence electrons. The molecule has 0 aromatic rings. The lowest BCUT2D eigenvalue weighted by atomic mass is 10.4. The second-order valence-electron chi connectivity index (χ2n) is 3.39. The third-order valence-electron chi connectivity index (χ3n) is 1.70. The Bertz CT molecular complexity index is 210. The second-order valence-corrected chi connectivity index (χ2v) is 3.92. The molecule has 1 amide bonds. The maximum Gasteiger partial charge on any atom is 0.234 e. The molecule has 4 nitrogen and oxygen atoms in total. The fraction of sp³-hybridized carbons (Fsp3) is 0.700. The van der Waals surface area contributed by atoms with Crippen molar-refractivity contribution in [2.75, 3.05) is 40.4 Å². The number of halogens is 1. The van der Waals surface area contributed by atoms with E-state index in [9.17, 15) is 4.79 Å². The predicted molar refractivity (Wildman–Crippen MR) is 62.0 cm³/mol. The molecule has 0 bridgehead atoms. The number of nitrogens with one attached hydrogen (secondary N) is 1. The van der Waals surface area contributed by atoms with Crippen LogP contribution in [0.4, 0.5) is 0 Å². The molecular weight excluding hydrogens is 216 g/mol. The average Bonchev–Trinajstić information content (AvgIpc) is 2.10. The molecule has 5 heteroatoms. The molecule has 0 aliphatic rings. The van der Waals surface area contributed by atoms with Crippen LogP contribution in [0.5, 0.6) is 0 Å². The third kappa shape index (κ3) is 9.72. The first kappa shape index (κ1) is 14.4. The number of carbonyl (C=O) groups is 1. The van der Waals surface area contributed by atoms with Gasteiger partial charge in [0.05, 0.1) is 6.54 Å². The van der Waals surface area contributed by atoms with Gasteiger partial charge in [-0.3, -0.25) is 9.69 Å². The minimum absolute atomic E-state index is 0.00785. The van der Waals surface area contributed by atoms with Crippen LogP contribution in [0.25, 0.3) is 0 Å². The van der Waals surface area contributed by atoms with Crippen molar-refractivity contribution in [3.8, 4) is 0 Å². The molecule has 15 heavy (non-hydrogen) atoms. The number of ether oxygens (including phenoxy) is 1. The number of hydrogen-bond acceptors (Lipinski definition) is 3. The van der Waals surface area contributed by atoms with Crippen LogP contribution >= 0.6 is 11.6 Å². The number of amides is 1. The highest BCUT2D eigenvalue weighted by Gasteiger charge is 2.05. The zero-order valence-electron chi connectivity index (χ0n) is 9.38. The topological polar surface area (TPSA) is 41.6 Å². The summed E-state index contributed by atoms with van der Waals surface area (Å²) >= 11 is 5.62. The molecule has 0 fully saturated rings. The maximum atomic E-state index is 11.3. The fourth-order valence-corrected chi connectivity index (χ4v) is 1.30. The molecule has 0 heterocycles. The summed E-state index contributed by atoms with van der Waals surface area (Å²) in [6, 6.07) is 0. The number of methoxy groups -OCH3 is 1. The largest absolute Gasteiger partial charge is 0.385 e. The number of likely N-dealkylation sites (N-methyl/N-ethyl adjacent to an activating group) is 1. The van der Waals surface area contributed by atoms with Gasteiger partial charge in [-0.1, -0.05) is 18.2 Å². The van der Waals surface area contributed by atoms with Crippen molar-refractivity contribution in [2.45, 2.75) is 6.42 Å². The molecule has 0 atom stereocenters. The summed E-state index contributed by atoms with van der Waals surface area (Å²) in [5.74, 6) is -0.00785. The van der Waals surface area contributed by atoms with Gasteiger partial charge in [-0.05, 0) is 13.5 Å². The van der Waals surface area contributed by atoms with Crippen molar-refractivity contribution in [1.29, 1.82) is 0 Å². The Labute approximate surface area is 96.2 Å². The zero-order chi connectivity index (χ0) is 11.7. The monoisotopic (exact) mass is 234 g/mol. The Hall–Kier alpha value is -0.580. The average molecular weight is 235 g/mol. The first-order valence-electron chi connectivity index (χ1n) is 4.83. The predicted octanol–water partition coefficient (Wildman–Crippen LogP) is 0.823. The Morgan fingerprint density at radius 3 is 2.73 bits per heavy atom. The minimum Gasteiger partial charge on any atom is -0.385 e. The highest BCUT2D eigenvalue weighted by atomic mass is 35.5. The molecule has 0 aromatic heterocycles. The van der Waals surface area contributed by atoms with E-state index in [0.717, 1.165) is 6.42 Å². The molecule has 0 aliphatic heterocycles. The summed E-state index contributed by atoms with van der Waals surface area (Å²) in [6.45, 7) is 5.72. The Morgan fingerprint density at radius 1 is 1.53 bits per heavy atom. The highest BCUT2D eigenvalue weighted by molar-refractivity contribution is 6.29. The molecule has 0 saturated heterocycles. The van der Waals surface area contributed by atoms with Crippen molar-refractivity contribution in [1.82, 2.24) is 10.2 Å². The van der Waals surface area contributed by atoms with E-state index in [-0.39, 0.29) is 5.91 Å². The van der Waals surface area contributed by atoms with Crippen molar-refractivity contribution in [3.05, 3.63) is 11.6 Å². The van der Waals surface area contributed by atoms with Crippen molar-refractivity contribution >= 4 is 17.5 Å². The molecule has 0 unspecified atom stereocenters. The molecule has 1 N–H and O–H groups in total. The van der Waals surface area contributed by atoms with E-state index >= 15 is 0 Å². The van der Waals surface area contributed by atoms with E-state index in [1.54, 1.807) is 12.0 Å². The quantitative estimate of drug-likeness (QED) is 0.633. The molecule has 0 aliphatic carbocycles. The van der Waals surface area contributed by atoms with Gasteiger partial charge in [0.1, 0.15) is 0 Å². The Kier molecular flexibility index (Phi) is 8.37. The van der Waals surface area contributed by atoms with Gasteiger partial charge in [0, 0.05) is 31.8 Å². The second kappa shape index (κ2) is 8.71. The third-order valence-corrected chi connectivity index (χ3v) is 1.82. The van der Waals surface area contributed by atoms with Crippen LogP contribution in [0.15, 0.2) is 11.6 Å². The summed E-state index contributed by atoms with van der Waals surface area (Å²) < 4.78 is 4.87. The Morgan fingerprint density at radius 2 is 2.20 bits per heavy atom. The summed E-state index contributed by atoms with van der Waals surface area (Å²) in [6.07, 6.45) is 0.828. The fourth-order valence-electron chi connectivity index (χ4n) is 1.09. The molecule has 0 saturated carbocycles. The summed E-state index contributed by atoms with van der Waals surface area (Å²) in [4.78, 5) is 13.1. The van der Waals surface area contributed by atoms with Crippen LogP contribution in [0.2, 0.25) is 0 Å². The van der Waals surface area contributed by atoms with Crippen LogP contribution in [0.3, 0.4) is 0 Å². The van der Waals surface area contributed by atoms with Gasteiger partial charge in [0.2, 0.25) is 5.91 Å². The van der Waals surface area contributed by atoms with Gasteiger partial charge in [0.25, 0.3) is 0 Å². The van der Waals surface area contributed by atoms with Gasteiger partial charge in [-0.2, -0.15) is 0 Å². The van der Waals surface area contributed by atoms with E-state index in [0.29, 0.717) is 31.3 Å². The van der Waals surface area contributed by atoms with Gasteiger partial charge >= 0.3 is 0 Å². The molecule has 0 radical (unpaired) electrons. The summed E-state index contributed by atoms with van der Waals surface area (Å²) in [5.41, 5.74) is 0. The van der Waals surface area contributed by atoms with Crippen LogP contribution < -0.4 is 5.32 Å². The maximum absolute atomic E-state index is 11.3. The van der Waals surface area contributed by atoms with Crippen LogP contribution in [-0.4, -0.2) is 51.2 Å². The van der Waals surface area contributed by atoms with E-state index in [1.807, 2.05) is 7.05 Å². The molecule has 0 rings (SSSR count). The van der Waals surface area contributed by atoms with Crippen LogP contribution in [0, 0.1) is 0 Å². The van der Waals surface area contributed by atoms with Gasteiger partial charge < -0.3 is 10.1 Å². The lowest BCUT2D eigenvalue weighted by Crippen LogP contribution is -2.36. The summed E-state index contributed by atoms with van der Waals surface area (Å²) in [7, 11) is 3.46. The number of nitrogens with zero attached hydrogens (tertiary/aromatic N) is 1. The van der Waals surface area contributed by atoms with E-state index < -0.39 is 0 Å². The number of carbonyl (C=O) groups excluding carboxylic acids is 1. The smallest absolute Gasteiger partial charge is 0.234 e. The van der Waals surface area contributed by atoms with Crippen molar-refractivity contribution in [3.63, 3.8) is 0 Å². The first-order valence-corrected chi connectivity index (χ1v) is 5.21. The Balaban J connectivity index is 3.51. The number of hydrogen-bond donors (Lipinski definition) is 1. The first-order chi connectivity index (χ1) is 7.06. The SMILES string of the molecule is C=C(Cl)CN(C)CC(=O)NCCCOC. The zero-order valence-corrected chi connectivity index (χ0v) is 10.1. The van der Waals surface area contributed by atoms with Crippen LogP contribution in [0.1, 0.15) is 6.42 Å². The van der Waals surface area contributed by atoms with Gasteiger partial charge in [-0.15, -0.1) is 0 Å². The van der Waals surface area contributed by atoms with Crippen molar-refractivity contribution in [2.24, 2.45) is 0 Å². The molecule has 0 spiro atoms. The lowest BCUT2D eigenvalue weighted by molar-refractivity contribution is -0.121. The number of rotatable bonds is 8. The van der Waals surface area contributed by atoms with E-state index in [4.69, 9.17) is 16.3 Å². The van der Waals surface area contributed by atoms with Crippen molar-refractivity contribution < 1.29 is 9.53 Å². The highest BCUT2D eigenvalue weighted by Crippen LogP contribution is 1.98. The van der Waals surface area contributed by atoms with Crippen LogP contribution in [-0.2, 0) is 9.53 Å². The molecular formula is C10H19ClN2O2. The lowest BCUT2D eigenvalue weighted by Gasteiger charge is -2.15. The molecule has 0 aromatic carbocycles. The summed E-state index contributed by atoms with van der Waals surface area (Å²) in [5, 5.41) is 3.32. The standard InChI is InChI=1S/C10H19ClN2O2/c1-9(11)7-13(2)8-10(14)12-5-4-6-15-3/h1,4-8H2,2-3H3,(H,12,14). The van der Waals surface area contributed by atoms with Gasteiger partial charge in [-0.25, -0.2) is 0 Å². The van der Waals surface area contributed by atoms with E-state index in [1.165, 1.54) is 0 Å².